The SMILES string of the molecule is CCc1ccccc1-n1c(C)cc(/C=N\NC(=O)c2ccccn2)c1C. The Morgan fingerprint density at radius 1 is 1.19 bits per heavy atom. The van der Waals surface area contributed by atoms with E-state index in [2.05, 4.69) is 65.1 Å². The number of benzene rings is 1. The lowest BCUT2D eigenvalue weighted by Gasteiger charge is -2.13. The van der Waals surface area contributed by atoms with E-state index >= 15 is 0 Å². The van der Waals surface area contributed by atoms with Gasteiger partial charge in [-0.15, -0.1) is 0 Å². The molecule has 3 rings (SSSR count). The summed E-state index contributed by atoms with van der Waals surface area (Å²) in [6.07, 6.45) is 4.22. The van der Waals surface area contributed by atoms with Gasteiger partial charge in [0, 0.05) is 28.8 Å². The first-order chi connectivity index (χ1) is 12.6. The highest BCUT2D eigenvalue weighted by molar-refractivity contribution is 5.93. The number of hydrogen-bond acceptors (Lipinski definition) is 3. The zero-order valence-corrected chi connectivity index (χ0v) is 15.2. The zero-order chi connectivity index (χ0) is 18.5. The van der Waals surface area contributed by atoms with Gasteiger partial charge in [0.25, 0.3) is 5.91 Å². The topological polar surface area (TPSA) is 59.3 Å². The van der Waals surface area contributed by atoms with Crippen LogP contribution in [-0.4, -0.2) is 21.7 Å². The van der Waals surface area contributed by atoms with Crippen molar-refractivity contribution >= 4 is 12.1 Å². The molecule has 0 radical (unpaired) electrons. The van der Waals surface area contributed by atoms with Gasteiger partial charge in [-0.1, -0.05) is 31.2 Å². The van der Waals surface area contributed by atoms with Gasteiger partial charge < -0.3 is 4.57 Å². The molecule has 0 saturated heterocycles. The summed E-state index contributed by atoms with van der Waals surface area (Å²) >= 11 is 0. The van der Waals surface area contributed by atoms with Crippen LogP contribution in [-0.2, 0) is 6.42 Å². The zero-order valence-electron chi connectivity index (χ0n) is 15.2. The van der Waals surface area contributed by atoms with Crippen molar-refractivity contribution in [3.8, 4) is 5.69 Å². The molecule has 0 bridgehead atoms. The molecular formula is C21H22N4O. The summed E-state index contributed by atoms with van der Waals surface area (Å²) in [5, 5.41) is 4.09. The van der Waals surface area contributed by atoms with Crippen LogP contribution in [0, 0.1) is 13.8 Å². The predicted octanol–water partition coefficient (Wildman–Crippen LogP) is 3.82. The van der Waals surface area contributed by atoms with E-state index in [1.807, 2.05) is 6.07 Å². The van der Waals surface area contributed by atoms with Crippen molar-refractivity contribution in [2.24, 2.45) is 5.10 Å². The number of nitrogens with one attached hydrogen (secondary N) is 1. The van der Waals surface area contributed by atoms with Crippen LogP contribution in [0.1, 0.15) is 39.9 Å². The van der Waals surface area contributed by atoms with Crippen molar-refractivity contribution in [3.63, 3.8) is 0 Å². The maximum Gasteiger partial charge on any atom is 0.289 e. The molecule has 2 heterocycles. The van der Waals surface area contributed by atoms with Crippen molar-refractivity contribution in [1.29, 1.82) is 0 Å². The Kier molecular flexibility index (Phi) is 5.27. The maximum absolute atomic E-state index is 12.0. The second-order valence-electron chi connectivity index (χ2n) is 6.06. The highest BCUT2D eigenvalue weighted by Gasteiger charge is 2.12. The second kappa shape index (κ2) is 7.78. The lowest BCUT2D eigenvalue weighted by molar-refractivity contribution is 0.0950. The minimum atomic E-state index is -0.327. The molecule has 0 saturated carbocycles. The largest absolute Gasteiger partial charge is 0.318 e. The van der Waals surface area contributed by atoms with Crippen LogP contribution >= 0.6 is 0 Å². The molecular weight excluding hydrogens is 324 g/mol. The number of nitrogens with zero attached hydrogens (tertiary/aromatic N) is 3. The number of rotatable bonds is 5. The van der Waals surface area contributed by atoms with E-state index in [4.69, 9.17) is 0 Å². The second-order valence-corrected chi connectivity index (χ2v) is 6.06. The molecule has 0 aliphatic carbocycles. The van der Waals surface area contributed by atoms with Gasteiger partial charge in [-0.25, -0.2) is 5.43 Å². The van der Waals surface area contributed by atoms with E-state index < -0.39 is 0 Å². The van der Waals surface area contributed by atoms with E-state index in [9.17, 15) is 4.79 Å². The number of aromatic nitrogens is 2. The Balaban J connectivity index is 1.83. The molecule has 0 fully saturated rings. The molecule has 132 valence electrons. The summed E-state index contributed by atoms with van der Waals surface area (Å²) in [5.41, 5.74) is 8.52. The van der Waals surface area contributed by atoms with Crippen molar-refractivity contribution in [3.05, 3.63) is 82.9 Å². The van der Waals surface area contributed by atoms with Crippen molar-refractivity contribution in [2.45, 2.75) is 27.2 Å². The van der Waals surface area contributed by atoms with Crippen LogP contribution in [0.4, 0.5) is 0 Å². The standard InChI is InChI=1S/C21H22N4O/c1-4-17-9-5-6-11-20(17)25-15(2)13-18(16(25)3)14-23-24-21(26)19-10-7-8-12-22-19/h5-14H,4H2,1-3H3,(H,24,26)/b23-14-. The first-order valence-electron chi connectivity index (χ1n) is 8.63. The van der Waals surface area contributed by atoms with Crippen LogP contribution in [0.25, 0.3) is 5.69 Å². The fourth-order valence-electron chi connectivity index (χ4n) is 3.03. The summed E-state index contributed by atoms with van der Waals surface area (Å²) in [6, 6.07) is 15.6. The number of para-hydroxylation sites is 1. The Morgan fingerprint density at radius 3 is 2.69 bits per heavy atom. The number of carbonyl (C=O) groups excluding carboxylic acids is 1. The fourth-order valence-corrected chi connectivity index (χ4v) is 3.03. The molecule has 1 amide bonds. The third-order valence-corrected chi connectivity index (χ3v) is 4.35. The number of amides is 1. The number of hydrogen-bond donors (Lipinski definition) is 1. The van der Waals surface area contributed by atoms with Gasteiger partial charge >= 0.3 is 0 Å². The molecule has 1 aromatic carbocycles. The van der Waals surface area contributed by atoms with Crippen LogP contribution in [0.15, 0.2) is 59.8 Å². The number of hydrazone groups is 1. The molecule has 0 atom stereocenters. The molecule has 1 N–H and O–H groups in total. The lowest BCUT2D eigenvalue weighted by Crippen LogP contribution is -2.18. The van der Waals surface area contributed by atoms with E-state index in [1.54, 1.807) is 30.6 Å². The average molecular weight is 346 g/mol. The van der Waals surface area contributed by atoms with Gasteiger partial charge in [0.2, 0.25) is 0 Å². The molecule has 0 unspecified atom stereocenters. The number of aryl methyl sites for hydroxylation is 2. The summed E-state index contributed by atoms with van der Waals surface area (Å²) in [5.74, 6) is -0.327. The maximum atomic E-state index is 12.0. The van der Waals surface area contributed by atoms with Gasteiger partial charge in [-0.3, -0.25) is 9.78 Å². The molecule has 0 aliphatic heterocycles. The van der Waals surface area contributed by atoms with Crippen molar-refractivity contribution in [2.75, 3.05) is 0 Å². The van der Waals surface area contributed by atoms with Gasteiger partial charge in [-0.2, -0.15) is 5.10 Å². The lowest BCUT2D eigenvalue weighted by atomic mass is 10.1. The van der Waals surface area contributed by atoms with E-state index in [0.717, 1.165) is 23.4 Å². The highest BCUT2D eigenvalue weighted by atomic mass is 16.2. The molecule has 2 aromatic heterocycles. The molecule has 3 aromatic rings. The summed E-state index contributed by atoms with van der Waals surface area (Å²) in [4.78, 5) is 16.0. The fraction of sp³-hybridized carbons (Fsp3) is 0.190. The first-order valence-corrected chi connectivity index (χ1v) is 8.63. The third-order valence-electron chi connectivity index (χ3n) is 4.35. The predicted molar refractivity (Wildman–Crippen MR) is 104 cm³/mol. The molecule has 26 heavy (non-hydrogen) atoms. The summed E-state index contributed by atoms with van der Waals surface area (Å²) in [7, 11) is 0. The third kappa shape index (κ3) is 3.57. The minimum Gasteiger partial charge on any atom is -0.318 e. The van der Waals surface area contributed by atoms with Gasteiger partial charge in [-0.05, 0) is 50.1 Å². The van der Waals surface area contributed by atoms with Crippen molar-refractivity contribution in [1.82, 2.24) is 15.0 Å². The Labute approximate surface area is 153 Å². The number of pyridine rings is 1. The van der Waals surface area contributed by atoms with E-state index in [1.165, 1.54) is 11.3 Å². The van der Waals surface area contributed by atoms with Crippen LogP contribution in [0.5, 0.6) is 0 Å². The first kappa shape index (κ1) is 17.6. The number of carbonyl (C=O) groups is 1. The monoisotopic (exact) mass is 346 g/mol. The molecule has 0 spiro atoms. The quantitative estimate of drug-likeness (QED) is 0.564. The smallest absolute Gasteiger partial charge is 0.289 e. The van der Waals surface area contributed by atoms with Gasteiger partial charge in [0.15, 0.2) is 0 Å². The highest BCUT2D eigenvalue weighted by Crippen LogP contribution is 2.23. The molecule has 5 nitrogen and oxygen atoms in total. The van der Waals surface area contributed by atoms with Crippen LogP contribution in [0.3, 0.4) is 0 Å². The molecule has 0 aliphatic rings. The van der Waals surface area contributed by atoms with Gasteiger partial charge in [0.05, 0.1) is 6.21 Å². The minimum absolute atomic E-state index is 0.327. The Hall–Kier alpha value is -3.21. The molecule has 5 heteroatoms. The van der Waals surface area contributed by atoms with Gasteiger partial charge in [0.1, 0.15) is 5.69 Å². The Bertz CT molecular complexity index is 942. The van der Waals surface area contributed by atoms with Crippen LogP contribution in [0.2, 0.25) is 0 Å². The summed E-state index contributed by atoms with van der Waals surface area (Å²) in [6.45, 7) is 6.28. The van der Waals surface area contributed by atoms with E-state index in [0.29, 0.717) is 5.69 Å². The van der Waals surface area contributed by atoms with Crippen molar-refractivity contribution < 1.29 is 4.79 Å². The van der Waals surface area contributed by atoms with Crippen LogP contribution < -0.4 is 5.43 Å². The normalized spacial score (nSPS) is 11.0. The van der Waals surface area contributed by atoms with E-state index in [-0.39, 0.29) is 5.91 Å². The average Bonchev–Trinajstić information content (AvgIpc) is 2.95. The Morgan fingerprint density at radius 2 is 1.96 bits per heavy atom. The summed E-state index contributed by atoms with van der Waals surface area (Å²) < 4.78 is 2.22.